The van der Waals surface area contributed by atoms with Crippen molar-refractivity contribution in [2.45, 2.75) is 26.2 Å². The highest BCUT2D eigenvalue weighted by Gasteiger charge is 2.61. The number of amides is 3. The van der Waals surface area contributed by atoms with E-state index < -0.39 is 18.5 Å². The number of ether oxygens (including phenoxy) is 1. The van der Waals surface area contributed by atoms with Gasteiger partial charge in [0, 0.05) is 10.2 Å². The van der Waals surface area contributed by atoms with Crippen molar-refractivity contribution in [1.29, 1.82) is 0 Å². The quantitative estimate of drug-likeness (QED) is 0.433. The third kappa shape index (κ3) is 3.82. The molecule has 2 aromatic carbocycles. The van der Waals surface area contributed by atoms with Gasteiger partial charge in [-0.2, -0.15) is 0 Å². The van der Waals surface area contributed by atoms with Gasteiger partial charge in [-0.3, -0.25) is 19.3 Å². The highest BCUT2D eigenvalue weighted by molar-refractivity contribution is 9.10. The number of carbonyl (C=O) groups is 4. The minimum Gasteiger partial charge on any atom is -0.452 e. The number of fused-ring (bicyclic) bond motifs is 5. The van der Waals surface area contributed by atoms with Crippen LogP contribution in [0.15, 0.2) is 40.9 Å². The third-order valence-corrected chi connectivity index (χ3v) is 8.59. The van der Waals surface area contributed by atoms with Gasteiger partial charge in [0.1, 0.15) is 0 Å². The molecule has 0 radical (unpaired) electrons. The predicted octanol–water partition coefficient (Wildman–Crippen LogP) is 4.74. The van der Waals surface area contributed by atoms with Gasteiger partial charge in [-0.15, -0.1) is 0 Å². The van der Waals surface area contributed by atoms with Crippen LogP contribution in [0.2, 0.25) is 5.02 Å². The number of halogens is 2. The summed E-state index contributed by atoms with van der Waals surface area (Å²) in [5.74, 6) is -1.48. The fourth-order valence-corrected chi connectivity index (χ4v) is 6.22. The van der Waals surface area contributed by atoms with E-state index in [1.54, 1.807) is 31.2 Å². The molecule has 0 spiro atoms. The summed E-state index contributed by atoms with van der Waals surface area (Å²) >= 11 is 9.50. The number of nitrogens with zero attached hydrogens (tertiary/aromatic N) is 1. The predicted molar refractivity (Wildman–Crippen MR) is 130 cm³/mol. The first-order valence-electron chi connectivity index (χ1n) is 11.2. The van der Waals surface area contributed by atoms with Gasteiger partial charge >= 0.3 is 5.97 Å². The molecule has 1 heterocycles. The van der Waals surface area contributed by atoms with Crippen LogP contribution in [-0.4, -0.2) is 30.3 Å². The van der Waals surface area contributed by atoms with Crippen molar-refractivity contribution in [2.75, 3.05) is 16.8 Å². The summed E-state index contributed by atoms with van der Waals surface area (Å²) in [5.41, 5.74) is 1.72. The van der Waals surface area contributed by atoms with Gasteiger partial charge in [0.2, 0.25) is 11.8 Å². The third-order valence-electron chi connectivity index (χ3n) is 7.22. The van der Waals surface area contributed by atoms with Crippen LogP contribution in [0.25, 0.3) is 0 Å². The molecule has 1 aliphatic heterocycles. The Bertz CT molecular complexity index is 1200. The monoisotopic (exact) mass is 544 g/mol. The molecule has 5 rings (SSSR count). The maximum absolute atomic E-state index is 13.1. The number of nitrogens with one attached hydrogen (secondary N) is 1. The van der Waals surface area contributed by atoms with Crippen molar-refractivity contribution < 1.29 is 23.9 Å². The fraction of sp³-hybridized carbons (Fsp3) is 0.360. The van der Waals surface area contributed by atoms with Gasteiger partial charge in [0.15, 0.2) is 6.61 Å². The molecule has 1 saturated heterocycles. The standard InChI is InChI=1S/C25H22BrClN2O5/c1-12-18(8-7-17(26)22(12)27)28-19(30)11-34-25(33)15-3-2-4-16(10-15)29-23(31)20-13-5-6-14(9-13)21(20)24(29)32/h2-4,7-8,10,13-14,20-21H,5-6,9,11H2,1H3,(H,28,30)/t13-,14-,20-,21+/m0/s1. The lowest BCUT2D eigenvalue weighted by molar-refractivity contribution is -0.123. The van der Waals surface area contributed by atoms with Gasteiger partial charge in [-0.25, -0.2) is 4.79 Å². The average Bonchev–Trinajstić information content (AvgIpc) is 3.51. The van der Waals surface area contributed by atoms with Gasteiger partial charge in [-0.05, 0) is 89.8 Å². The summed E-state index contributed by atoms with van der Waals surface area (Å²) < 4.78 is 5.87. The van der Waals surface area contributed by atoms with Crippen molar-refractivity contribution in [3.8, 4) is 0 Å². The zero-order valence-corrected chi connectivity index (χ0v) is 20.7. The molecule has 2 aromatic rings. The first-order valence-corrected chi connectivity index (χ1v) is 12.3. The minimum atomic E-state index is -0.720. The van der Waals surface area contributed by atoms with Crippen molar-refractivity contribution in [3.05, 3.63) is 57.0 Å². The Kier molecular flexibility index (Phi) is 5.98. The molecule has 3 aliphatic rings. The van der Waals surface area contributed by atoms with Crippen molar-refractivity contribution >= 4 is 62.6 Å². The summed E-state index contributed by atoms with van der Waals surface area (Å²) in [6.07, 6.45) is 2.96. The van der Waals surface area contributed by atoms with Crippen LogP contribution in [0.1, 0.15) is 35.2 Å². The molecule has 0 unspecified atom stereocenters. The molecule has 9 heteroatoms. The number of anilines is 2. The van der Waals surface area contributed by atoms with E-state index in [2.05, 4.69) is 21.2 Å². The van der Waals surface area contributed by atoms with Crippen LogP contribution in [0.5, 0.6) is 0 Å². The second-order valence-corrected chi connectivity index (χ2v) is 10.3. The molecule has 0 aromatic heterocycles. The molecular weight excluding hydrogens is 524 g/mol. The summed E-state index contributed by atoms with van der Waals surface area (Å²) in [6, 6.07) is 9.64. The number of esters is 1. The Labute approximate surface area is 209 Å². The fourth-order valence-electron chi connectivity index (χ4n) is 5.62. The SMILES string of the molecule is Cc1c(NC(=O)COC(=O)c2cccc(N3C(=O)[C@@H]4[C@H]5CC[C@@H](C5)[C@@H]4C3=O)c2)ccc(Br)c1Cl. The lowest BCUT2D eigenvalue weighted by Crippen LogP contribution is -2.32. The Morgan fingerprint density at radius 3 is 2.47 bits per heavy atom. The maximum atomic E-state index is 13.1. The van der Waals surface area contributed by atoms with Crippen LogP contribution in [0, 0.1) is 30.6 Å². The highest BCUT2D eigenvalue weighted by Crippen LogP contribution is 2.56. The second kappa shape index (κ2) is 8.82. The Morgan fingerprint density at radius 2 is 1.79 bits per heavy atom. The van der Waals surface area contributed by atoms with E-state index >= 15 is 0 Å². The van der Waals surface area contributed by atoms with Gasteiger partial charge in [-0.1, -0.05) is 17.7 Å². The van der Waals surface area contributed by atoms with Crippen molar-refractivity contribution in [3.63, 3.8) is 0 Å². The lowest BCUT2D eigenvalue weighted by Gasteiger charge is -2.19. The maximum Gasteiger partial charge on any atom is 0.338 e. The van der Waals surface area contributed by atoms with Crippen molar-refractivity contribution in [1.82, 2.24) is 0 Å². The van der Waals surface area contributed by atoms with Crippen LogP contribution in [-0.2, 0) is 19.1 Å². The van der Waals surface area contributed by atoms with E-state index in [-0.39, 0.29) is 41.0 Å². The number of hydrogen-bond acceptors (Lipinski definition) is 5. The van der Waals surface area contributed by atoms with E-state index in [0.29, 0.717) is 26.4 Å². The minimum absolute atomic E-state index is 0.161. The van der Waals surface area contributed by atoms with E-state index in [4.69, 9.17) is 16.3 Å². The van der Waals surface area contributed by atoms with Crippen LogP contribution in [0.4, 0.5) is 11.4 Å². The largest absolute Gasteiger partial charge is 0.452 e. The molecule has 4 atom stereocenters. The molecule has 2 bridgehead atoms. The smallest absolute Gasteiger partial charge is 0.338 e. The molecule has 3 fully saturated rings. The lowest BCUT2D eigenvalue weighted by atomic mass is 9.81. The Hall–Kier alpha value is -2.71. The topological polar surface area (TPSA) is 92.8 Å². The van der Waals surface area contributed by atoms with Crippen LogP contribution in [0.3, 0.4) is 0 Å². The summed E-state index contributed by atoms with van der Waals surface area (Å²) in [6.45, 7) is 1.27. The molecule has 176 valence electrons. The molecule has 34 heavy (non-hydrogen) atoms. The van der Waals surface area contributed by atoms with Crippen molar-refractivity contribution in [2.24, 2.45) is 23.7 Å². The first kappa shape index (κ1) is 23.1. The highest BCUT2D eigenvalue weighted by atomic mass is 79.9. The molecule has 2 saturated carbocycles. The normalized spacial score (nSPS) is 25.0. The zero-order chi connectivity index (χ0) is 24.1. The van der Waals surface area contributed by atoms with Crippen LogP contribution >= 0.6 is 27.5 Å². The van der Waals surface area contributed by atoms with Gasteiger partial charge in [0.25, 0.3) is 5.91 Å². The number of carbonyl (C=O) groups excluding carboxylic acids is 4. The van der Waals surface area contributed by atoms with Crippen LogP contribution < -0.4 is 10.2 Å². The molecule has 7 nitrogen and oxygen atoms in total. The van der Waals surface area contributed by atoms with E-state index in [0.717, 1.165) is 19.3 Å². The number of hydrogen-bond donors (Lipinski definition) is 1. The Balaban J connectivity index is 1.25. The summed E-state index contributed by atoms with van der Waals surface area (Å²) in [4.78, 5) is 52.2. The van der Waals surface area contributed by atoms with E-state index in [1.165, 1.54) is 17.0 Å². The summed E-state index contributed by atoms with van der Waals surface area (Å²) in [7, 11) is 0. The molecule has 2 aliphatic carbocycles. The second-order valence-electron chi connectivity index (χ2n) is 9.11. The summed E-state index contributed by atoms with van der Waals surface area (Å²) in [5, 5.41) is 3.15. The average molecular weight is 546 g/mol. The molecule has 1 N–H and O–H groups in total. The molecule has 3 amide bonds. The van der Waals surface area contributed by atoms with E-state index in [9.17, 15) is 19.2 Å². The number of benzene rings is 2. The first-order chi connectivity index (χ1) is 16.3. The van der Waals surface area contributed by atoms with Gasteiger partial charge < -0.3 is 10.1 Å². The zero-order valence-electron chi connectivity index (χ0n) is 18.3. The number of imide groups is 1. The Morgan fingerprint density at radius 1 is 1.12 bits per heavy atom. The van der Waals surface area contributed by atoms with E-state index in [1.807, 2.05) is 0 Å². The molecular formula is C25H22BrClN2O5. The van der Waals surface area contributed by atoms with Gasteiger partial charge in [0.05, 0.1) is 28.1 Å². The number of rotatable bonds is 5.